The molecule has 56 valence electrons. The van der Waals surface area contributed by atoms with Crippen molar-refractivity contribution in [2.24, 2.45) is 0 Å². The van der Waals surface area contributed by atoms with E-state index >= 15 is 0 Å². The van der Waals surface area contributed by atoms with Gasteiger partial charge in [0.2, 0.25) is 0 Å². The van der Waals surface area contributed by atoms with Crippen LogP contribution in [0.15, 0.2) is 24.3 Å². The van der Waals surface area contributed by atoms with Crippen molar-refractivity contribution in [3.8, 4) is 11.8 Å². The molecule has 3 heteroatoms. The Hall–Kier alpha value is -1.02. The predicted octanol–water partition coefficient (Wildman–Crippen LogP) is -1.22. The van der Waals surface area contributed by atoms with E-state index in [0.29, 0.717) is 0 Å². The summed E-state index contributed by atoms with van der Waals surface area (Å²) in [7, 11) is 1.61. The quantitative estimate of drug-likeness (QED) is 0.394. The molecule has 0 spiro atoms. The molecular formula is C9H8LiNO. The van der Waals surface area contributed by atoms with Gasteiger partial charge in [0, 0.05) is 6.07 Å². The molecule has 0 atom stereocenters. The van der Waals surface area contributed by atoms with Gasteiger partial charge in [-0.2, -0.15) is 17.7 Å². The maximum absolute atomic E-state index is 8.31. The second-order valence-electron chi connectivity index (χ2n) is 2.05. The van der Waals surface area contributed by atoms with E-state index in [1.54, 1.807) is 7.11 Å². The molecule has 0 aromatic heterocycles. The Balaban J connectivity index is 0.00000121. The number of nitrogens with zero attached hydrogens (tertiary/aromatic N) is 1. The molecule has 0 bridgehead atoms. The molecule has 12 heavy (non-hydrogen) atoms. The van der Waals surface area contributed by atoms with Crippen LogP contribution in [0.4, 0.5) is 0 Å². The molecule has 0 radical (unpaired) electrons. The fourth-order valence-electron chi connectivity index (χ4n) is 0.775. The molecule has 0 aliphatic carbocycles. The molecule has 0 aliphatic rings. The molecule has 0 saturated carbocycles. The maximum Gasteiger partial charge on any atom is 1.00 e. The number of hydrogen-bond donors (Lipinski definition) is 0. The average Bonchev–Trinajstić information content (AvgIpc) is 2.07. The van der Waals surface area contributed by atoms with Gasteiger partial charge in [-0.05, 0) is 0 Å². The van der Waals surface area contributed by atoms with Crippen molar-refractivity contribution in [2.45, 2.75) is 0 Å². The Kier molecular flexibility index (Phi) is 5.13. The van der Waals surface area contributed by atoms with Crippen LogP contribution in [0.5, 0.6) is 5.75 Å². The van der Waals surface area contributed by atoms with Gasteiger partial charge in [-0.25, -0.2) is 5.26 Å². The van der Waals surface area contributed by atoms with Gasteiger partial charge < -0.3 is 4.74 Å². The summed E-state index contributed by atoms with van der Waals surface area (Å²) in [6, 6.07) is 9.27. The van der Waals surface area contributed by atoms with E-state index in [4.69, 9.17) is 10.00 Å². The first kappa shape index (κ1) is 11.0. The molecule has 0 aliphatic heterocycles. The SMILES string of the molecule is COc1ccc([CH-]C#N)cc1.[Li+]. The molecule has 0 unspecified atom stereocenters. The summed E-state index contributed by atoms with van der Waals surface area (Å²) in [5.74, 6) is 0.806. The zero-order valence-corrected chi connectivity index (χ0v) is 7.24. The Morgan fingerprint density at radius 3 is 2.33 bits per heavy atom. The van der Waals surface area contributed by atoms with Crippen molar-refractivity contribution in [3.05, 3.63) is 36.2 Å². The van der Waals surface area contributed by atoms with Gasteiger partial charge in [0.05, 0.1) is 12.9 Å². The van der Waals surface area contributed by atoms with Gasteiger partial charge in [-0.3, -0.25) is 0 Å². The van der Waals surface area contributed by atoms with E-state index in [0.717, 1.165) is 11.3 Å². The largest absolute Gasteiger partial charge is 1.00 e. The van der Waals surface area contributed by atoms with Crippen LogP contribution in [0.3, 0.4) is 0 Å². The summed E-state index contributed by atoms with van der Waals surface area (Å²) in [6.45, 7) is 0. The normalized spacial score (nSPS) is 7.67. The third kappa shape index (κ3) is 2.92. The van der Waals surface area contributed by atoms with E-state index < -0.39 is 0 Å². The second-order valence-corrected chi connectivity index (χ2v) is 2.05. The van der Waals surface area contributed by atoms with Gasteiger partial charge >= 0.3 is 18.9 Å². The monoisotopic (exact) mass is 153 g/mol. The van der Waals surface area contributed by atoms with Crippen molar-refractivity contribution in [1.82, 2.24) is 0 Å². The van der Waals surface area contributed by atoms with E-state index in [9.17, 15) is 0 Å². The summed E-state index contributed by atoms with van der Waals surface area (Å²) < 4.78 is 4.95. The molecular weight excluding hydrogens is 145 g/mol. The van der Waals surface area contributed by atoms with Crippen LogP contribution < -0.4 is 23.6 Å². The van der Waals surface area contributed by atoms with Gasteiger partial charge in [0.1, 0.15) is 0 Å². The molecule has 0 fully saturated rings. The summed E-state index contributed by atoms with van der Waals surface area (Å²) in [5.41, 5.74) is 0.897. The van der Waals surface area contributed by atoms with Gasteiger partial charge in [0.15, 0.2) is 0 Å². The smallest absolute Gasteiger partial charge is 0.499 e. The number of nitriles is 1. The molecule has 0 heterocycles. The number of ether oxygens (including phenoxy) is 1. The van der Waals surface area contributed by atoms with Gasteiger partial charge in [0.25, 0.3) is 0 Å². The van der Waals surface area contributed by atoms with E-state index in [2.05, 4.69) is 0 Å². The Morgan fingerprint density at radius 1 is 1.33 bits per heavy atom. The zero-order chi connectivity index (χ0) is 8.10. The molecule has 1 aromatic rings. The average molecular weight is 153 g/mol. The minimum atomic E-state index is 0. The van der Waals surface area contributed by atoms with Crippen molar-refractivity contribution >= 4 is 0 Å². The Morgan fingerprint density at radius 2 is 1.92 bits per heavy atom. The molecule has 1 aromatic carbocycles. The summed E-state index contributed by atoms with van der Waals surface area (Å²) >= 11 is 0. The first-order valence-electron chi connectivity index (χ1n) is 3.23. The summed E-state index contributed by atoms with van der Waals surface area (Å²) in [5, 5.41) is 8.31. The molecule has 2 nitrogen and oxygen atoms in total. The van der Waals surface area contributed by atoms with Crippen LogP contribution in [-0.4, -0.2) is 7.11 Å². The first-order valence-corrected chi connectivity index (χ1v) is 3.23. The van der Waals surface area contributed by atoms with Crippen molar-refractivity contribution in [3.63, 3.8) is 0 Å². The molecule has 0 amide bonds. The van der Waals surface area contributed by atoms with Crippen LogP contribution in [0, 0.1) is 17.8 Å². The van der Waals surface area contributed by atoms with E-state index in [1.165, 1.54) is 6.42 Å². The summed E-state index contributed by atoms with van der Waals surface area (Å²) in [6.07, 6.45) is 1.49. The molecule has 0 saturated heterocycles. The first-order chi connectivity index (χ1) is 5.36. The maximum atomic E-state index is 8.31. The number of benzene rings is 1. The van der Waals surface area contributed by atoms with E-state index in [-0.39, 0.29) is 18.9 Å². The molecule has 1 rings (SSSR count). The van der Waals surface area contributed by atoms with Crippen LogP contribution in [0.2, 0.25) is 0 Å². The number of methoxy groups -OCH3 is 1. The fourth-order valence-corrected chi connectivity index (χ4v) is 0.775. The third-order valence-corrected chi connectivity index (χ3v) is 1.35. The standard InChI is InChI=1S/C9H8NO.Li/c1-11-9-4-2-8(3-5-9)6-7-10;/h2-6H,1H3;/q-1;+1. The van der Waals surface area contributed by atoms with Crippen LogP contribution in [-0.2, 0) is 0 Å². The van der Waals surface area contributed by atoms with Crippen molar-refractivity contribution in [1.29, 1.82) is 5.26 Å². The van der Waals surface area contributed by atoms with Gasteiger partial charge in [-0.15, -0.1) is 0 Å². The van der Waals surface area contributed by atoms with Gasteiger partial charge in [-0.1, -0.05) is 18.6 Å². The Labute approximate surface area is 84.3 Å². The summed E-state index contributed by atoms with van der Waals surface area (Å²) in [4.78, 5) is 0. The second kappa shape index (κ2) is 5.61. The fraction of sp³-hybridized carbons (Fsp3) is 0.111. The predicted molar refractivity (Wildman–Crippen MR) is 42.0 cm³/mol. The topological polar surface area (TPSA) is 33.0 Å². The van der Waals surface area contributed by atoms with Crippen LogP contribution >= 0.6 is 0 Å². The number of rotatable bonds is 2. The molecule has 0 N–H and O–H groups in total. The minimum absolute atomic E-state index is 0. The van der Waals surface area contributed by atoms with E-state index in [1.807, 2.05) is 30.3 Å². The minimum Gasteiger partial charge on any atom is -0.499 e. The van der Waals surface area contributed by atoms with Crippen molar-refractivity contribution in [2.75, 3.05) is 7.11 Å². The van der Waals surface area contributed by atoms with Crippen LogP contribution in [0.1, 0.15) is 5.56 Å². The Bertz CT molecular complexity index is 263. The van der Waals surface area contributed by atoms with Crippen molar-refractivity contribution < 1.29 is 23.6 Å². The van der Waals surface area contributed by atoms with Crippen LogP contribution in [0.25, 0.3) is 0 Å². The third-order valence-electron chi connectivity index (χ3n) is 1.35. The number of hydrogen-bond acceptors (Lipinski definition) is 2. The zero-order valence-electron chi connectivity index (χ0n) is 7.24.